The zero-order chi connectivity index (χ0) is 13.0. The Morgan fingerprint density at radius 2 is 2.22 bits per heavy atom. The molecule has 5 heteroatoms. The van der Waals surface area contributed by atoms with Crippen molar-refractivity contribution in [3.05, 3.63) is 29.8 Å². The lowest BCUT2D eigenvalue weighted by Gasteiger charge is -2.34. The molecule has 1 fully saturated rings. The molecule has 2 rings (SSSR count). The van der Waals surface area contributed by atoms with Gasteiger partial charge in [0.05, 0.1) is 25.9 Å². The third kappa shape index (κ3) is 2.63. The summed E-state index contributed by atoms with van der Waals surface area (Å²) >= 11 is 0. The average molecular weight is 250 g/mol. The highest BCUT2D eigenvalue weighted by molar-refractivity contribution is 5.94. The smallest absolute Gasteiger partial charge is 0.254 e. The summed E-state index contributed by atoms with van der Waals surface area (Å²) in [7, 11) is 1.83. The summed E-state index contributed by atoms with van der Waals surface area (Å²) in [5.74, 6) is -0.0556. The maximum absolute atomic E-state index is 12.3. The van der Waals surface area contributed by atoms with E-state index in [1.807, 2.05) is 19.2 Å². The molecule has 0 aliphatic carbocycles. The second-order valence-corrected chi connectivity index (χ2v) is 4.24. The summed E-state index contributed by atoms with van der Waals surface area (Å²) in [5, 5.41) is 12.3. The van der Waals surface area contributed by atoms with Gasteiger partial charge in [0.25, 0.3) is 5.91 Å². The number of carbonyl (C=O) groups excluding carboxylic acids is 1. The van der Waals surface area contributed by atoms with Crippen LogP contribution >= 0.6 is 0 Å². The standard InChI is InChI=1S/C13H18N2O3/c1-14-11-4-2-10(3-5-11)13(17)15-6-7-18-9-12(15)8-16/h2-5,12,14,16H,6-9H2,1H3. The minimum absolute atomic E-state index is 0.0556. The van der Waals surface area contributed by atoms with E-state index in [0.29, 0.717) is 25.3 Å². The summed E-state index contributed by atoms with van der Waals surface area (Å²) in [4.78, 5) is 14.0. The molecule has 0 spiro atoms. The maximum atomic E-state index is 12.3. The van der Waals surface area contributed by atoms with Crippen molar-refractivity contribution in [2.45, 2.75) is 6.04 Å². The van der Waals surface area contributed by atoms with Crippen molar-refractivity contribution in [3.63, 3.8) is 0 Å². The summed E-state index contributed by atoms with van der Waals surface area (Å²) in [6, 6.07) is 7.06. The number of amides is 1. The van der Waals surface area contributed by atoms with Crippen LogP contribution in [0.1, 0.15) is 10.4 Å². The van der Waals surface area contributed by atoms with Gasteiger partial charge in [-0.3, -0.25) is 4.79 Å². The molecule has 0 bridgehead atoms. The number of carbonyl (C=O) groups is 1. The van der Waals surface area contributed by atoms with Gasteiger partial charge in [-0.2, -0.15) is 0 Å². The highest BCUT2D eigenvalue weighted by Gasteiger charge is 2.27. The van der Waals surface area contributed by atoms with Crippen molar-refractivity contribution in [3.8, 4) is 0 Å². The normalized spacial score (nSPS) is 19.7. The first kappa shape index (κ1) is 12.9. The summed E-state index contributed by atoms with van der Waals surface area (Å²) in [6.45, 7) is 1.38. The minimum atomic E-state index is -0.241. The molecule has 1 saturated heterocycles. The van der Waals surface area contributed by atoms with Crippen molar-refractivity contribution in [1.82, 2.24) is 4.90 Å². The van der Waals surface area contributed by atoms with Crippen LogP contribution in [0.4, 0.5) is 5.69 Å². The van der Waals surface area contributed by atoms with Crippen molar-refractivity contribution in [2.24, 2.45) is 0 Å². The number of hydrogen-bond acceptors (Lipinski definition) is 4. The second kappa shape index (κ2) is 5.84. The van der Waals surface area contributed by atoms with E-state index in [-0.39, 0.29) is 18.6 Å². The molecule has 1 unspecified atom stereocenters. The first-order valence-electron chi connectivity index (χ1n) is 6.03. The van der Waals surface area contributed by atoms with E-state index in [2.05, 4.69) is 5.32 Å². The van der Waals surface area contributed by atoms with E-state index in [0.717, 1.165) is 5.69 Å². The molecule has 1 aliphatic heterocycles. The lowest BCUT2D eigenvalue weighted by atomic mass is 10.1. The second-order valence-electron chi connectivity index (χ2n) is 4.24. The van der Waals surface area contributed by atoms with E-state index >= 15 is 0 Å². The Labute approximate surface area is 106 Å². The predicted octanol–water partition coefficient (Wildman–Crippen LogP) is 0.562. The van der Waals surface area contributed by atoms with Gasteiger partial charge in [0, 0.05) is 24.8 Å². The molecular formula is C13H18N2O3. The van der Waals surface area contributed by atoms with Crippen LogP contribution in [0.3, 0.4) is 0 Å². The first-order valence-corrected chi connectivity index (χ1v) is 6.03. The third-order valence-electron chi connectivity index (χ3n) is 3.12. The number of nitrogens with one attached hydrogen (secondary N) is 1. The van der Waals surface area contributed by atoms with Gasteiger partial charge in [0.15, 0.2) is 0 Å². The molecule has 1 heterocycles. The van der Waals surface area contributed by atoms with Crippen LogP contribution in [0.5, 0.6) is 0 Å². The van der Waals surface area contributed by atoms with E-state index in [9.17, 15) is 9.90 Å². The molecule has 1 amide bonds. The quantitative estimate of drug-likeness (QED) is 0.823. The highest BCUT2D eigenvalue weighted by Crippen LogP contribution is 2.14. The Balaban J connectivity index is 2.13. The van der Waals surface area contributed by atoms with Crippen LogP contribution in [0.25, 0.3) is 0 Å². The van der Waals surface area contributed by atoms with Crippen LogP contribution in [0.15, 0.2) is 24.3 Å². The summed E-state index contributed by atoms with van der Waals surface area (Å²) in [5.41, 5.74) is 1.60. The molecule has 18 heavy (non-hydrogen) atoms. The molecule has 0 radical (unpaired) electrons. The van der Waals surface area contributed by atoms with Crippen LogP contribution < -0.4 is 5.32 Å². The molecule has 0 saturated carbocycles. The molecule has 1 aromatic rings. The Kier molecular flexibility index (Phi) is 4.17. The third-order valence-corrected chi connectivity index (χ3v) is 3.12. The van der Waals surface area contributed by atoms with Gasteiger partial charge in [-0.15, -0.1) is 0 Å². The number of rotatable bonds is 3. The van der Waals surface area contributed by atoms with Crippen molar-refractivity contribution in [1.29, 1.82) is 0 Å². The van der Waals surface area contributed by atoms with Gasteiger partial charge in [-0.25, -0.2) is 0 Å². The number of anilines is 1. The van der Waals surface area contributed by atoms with Crippen molar-refractivity contribution >= 4 is 11.6 Å². The average Bonchev–Trinajstić information content (AvgIpc) is 2.46. The molecular weight excluding hydrogens is 232 g/mol. The largest absolute Gasteiger partial charge is 0.394 e. The molecule has 1 aliphatic rings. The number of nitrogens with zero attached hydrogens (tertiary/aromatic N) is 1. The van der Waals surface area contributed by atoms with Gasteiger partial charge >= 0.3 is 0 Å². The molecule has 0 aromatic heterocycles. The number of ether oxygens (including phenoxy) is 1. The number of benzene rings is 1. The lowest BCUT2D eigenvalue weighted by molar-refractivity contribution is -0.0183. The minimum Gasteiger partial charge on any atom is -0.394 e. The maximum Gasteiger partial charge on any atom is 0.254 e. The molecule has 1 atom stereocenters. The Morgan fingerprint density at radius 1 is 1.50 bits per heavy atom. The number of hydrogen-bond donors (Lipinski definition) is 2. The van der Waals surface area contributed by atoms with Gasteiger partial charge < -0.3 is 20.1 Å². The predicted molar refractivity (Wildman–Crippen MR) is 68.7 cm³/mol. The van der Waals surface area contributed by atoms with Crippen LogP contribution in [-0.2, 0) is 4.74 Å². The fourth-order valence-corrected chi connectivity index (χ4v) is 2.02. The van der Waals surface area contributed by atoms with E-state index in [4.69, 9.17) is 4.74 Å². The topological polar surface area (TPSA) is 61.8 Å². The molecule has 5 nitrogen and oxygen atoms in total. The van der Waals surface area contributed by atoms with Gasteiger partial charge in [0.2, 0.25) is 0 Å². The number of morpholine rings is 1. The summed E-state index contributed by atoms with van der Waals surface area (Å²) < 4.78 is 5.26. The van der Waals surface area contributed by atoms with Crippen LogP contribution in [0, 0.1) is 0 Å². The van der Waals surface area contributed by atoms with Gasteiger partial charge in [0.1, 0.15) is 0 Å². The van der Waals surface area contributed by atoms with Crippen molar-refractivity contribution < 1.29 is 14.6 Å². The van der Waals surface area contributed by atoms with Gasteiger partial charge in [-0.05, 0) is 24.3 Å². The fraction of sp³-hybridized carbons (Fsp3) is 0.462. The summed E-state index contributed by atoms with van der Waals surface area (Å²) in [6.07, 6.45) is 0. The van der Waals surface area contributed by atoms with Crippen LogP contribution in [0.2, 0.25) is 0 Å². The number of aliphatic hydroxyl groups excluding tert-OH is 1. The Bertz CT molecular complexity index is 405. The molecule has 2 N–H and O–H groups in total. The Hall–Kier alpha value is -1.59. The highest BCUT2D eigenvalue weighted by atomic mass is 16.5. The lowest BCUT2D eigenvalue weighted by Crippen LogP contribution is -2.50. The molecule has 98 valence electrons. The molecule has 1 aromatic carbocycles. The van der Waals surface area contributed by atoms with Crippen LogP contribution in [-0.4, -0.2) is 55.4 Å². The van der Waals surface area contributed by atoms with Gasteiger partial charge in [-0.1, -0.05) is 0 Å². The SMILES string of the molecule is CNc1ccc(C(=O)N2CCOCC2CO)cc1. The fourth-order valence-electron chi connectivity index (χ4n) is 2.02. The monoisotopic (exact) mass is 250 g/mol. The number of aliphatic hydroxyl groups is 1. The zero-order valence-corrected chi connectivity index (χ0v) is 10.4. The van der Waals surface area contributed by atoms with E-state index in [1.165, 1.54) is 0 Å². The van der Waals surface area contributed by atoms with E-state index < -0.39 is 0 Å². The zero-order valence-electron chi connectivity index (χ0n) is 10.4. The first-order chi connectivity index (χ1) is 8.76. The van der Waals surface area contributed by atoms with Crippen molar-refractivity contribution in [2.75, 3.05) is 38.7 Å². The van der Waals surface area contributed by atoms with E-state index in [1.54, 1.807) is 17.0 Å². The Morgan fingerprint density at radius 3 is 2.83 bits per heavy atom.